The molecule has 1 rings (SSSR count). The highest BCUT2D eigenvalue weighted by Crippen LogP contribution is 2.25. The van der Waals surface area contributed by atoms with Gasteiger partial charge in [-0.05, 0) is 32.0 Å². The van der Waals surface area contributed by atoms with Gasteiger partial charge in [0, 0.05) is 20.1 Å². The highest BCUT2D eigenvalue weighted by Gasteiger charge is 2.21. The second-order valence-electron chi connectivity index (χ2n) is 4.79. The lowest BCUT2D eigenvalue weighted by Crippen LogP contribution is -2.41. The molecule has 0 radical (unpaired) electrons. The van der Waals surface area contributed by atoms with Crippen molar-refractivity contribution in [2.75, 3.05) is 40.9 Å². The molecule has 0 heterocycles. The van der Waals surface area contributed by atoms with Gasteiger partial charge in [0.1, 0.15) is 11.5 Å². The van der Waals surface area contributed by atoms with Gasteiger partial charge in [-0.2, -0.15) is 0 Å². The van der Waals surface area contributed by atoms with E-state index in [0.29, 0.717) is 30.2 Å². The van der Waals surface area contributed by atoms with Crippen LogP contribution in [0.25, 0.3) is 0 Å². The third-order valence-electron chi connectivity index (χ3n) is 3.47. The fourth-order valence-electron chi connectivity index (χ4n) is 2.14. The number of rotatable bonds is 7. The van der Waals surface area contributed by atoms with Gasteiger partial charge >= 0.3 is 0 Å². The Kier molecular flexibility index (Phi) is 6.69. The number of benzene rings is 1. The number of methoxy groups -OCH3 is 2. The number of hydrogen-bond acceptors (Lipinski definition) is 4. The average Bonchev–Trinajstić information content (AvgIpc) is 2.54. The van der Waals surface area contributed by atoms with E-state index in [-0.39, 0.29) is 18.4 Å². The van der Waals surface area contributed by atoms with Gasteiger partial charge in [-0.1, -0.05) is 0 Å². The molecule has 0 aliphatic rings. The number of carbonyl (C=O) groups is 2. The zero-order chi connectivity index (χ0) is 16.7. The summed E-state index contributed by atoms with van der Waals surface area (Å²) in [7, 11) is 4.63. The minimum atomic E-state index is -0.281. The van der Waals surface area contributed by atoms with Crippen molar-refractivity contribution in [3.63, 3.8) is 0 Å². The third kappa shape index (κ3) is 4.13. The van der Waals surface area contributed by atoms with Crippen LogP contribution in [-0.2, 0) is 4.79 Å². The highest BCUT2D eigenvalue weighted by atomic mass is 16.5. The number of nitrogens with zero attached hydrogens (tertiary/aromatic N) is 2. The summed E-state index contributed by atoms with van der Waals surface area (Å²) in [5.74, 6) is 0.652. The van der Waals surface area contributed by atoms with Crippen LogP contribution in [0.3, 0.4) is 0 Å². The van der Waals surface area contributed by atoms with Gasteiger partial charge in [0.2, 0.25) is 5.91 Å². The van der Waals surface area contributed by atoms with Crippen molar-refractivity contribution in [3.05, 3.63) is 23.8 Å². The van der Waals surface area contributed by atoms with Crippen molar-refractivity contribution in [2.45, 2.75) is 13.8 Å². The normalized spacial score (nSPS) is 10.0. The Hall–Kier alpha value is -2.24. The number of hydrogen-bond donors (Lipinski definition) is 0. The number of likely N-dealkylation sites (N-methyl/N-ethyl adjacent to an activating group) is 2. The molecule has 0 N–H and O–H groups in total. The molecule has 22 heavy (non-hydrogen) atoms. The van der Waals surface area contributed by atoms with Crippen molar-refractivity contribution in [2.24, 2.45) is 0 Å². The molecule has 0 aliphatic heterocycles. The topological polar surface area (TPSA) is 59.1 Å². The zero-order valence-corrected chi connectivity index (χ0v) is 13.9. The Labute approximate surface area is 131 Å². The van der Waals surface area contributed by atoms with E-state index in [4.69, 9.17) is 9.47 Å². The molecule has 0 unspecified atom stereocenters. The maximum Gasteiger partial charge on any atom is 0.257 e. The first-order chi connectivity index (χ1) is 10.5. The Morgan fingerprint density at radius 2 is 1.73 bits per heavy atom. The van der Waals surface area contributed by atoms with E-state index in [0.717, 1.165) is 0 Å². The minimum absolute atomic E-state index is 0.0286. The molecule has 1 aromatic rings. The van der Waals surface area contributed by atoms with Crippen LogP contribution >= 0.6 is 0 Å². The van der Waals surface area contributed by atoms with Gasteiger partial charge in [0.05, 0.1) is 26.3 Å². The molecule has 6 heteroatoms. The fourth-order valence-corrected chi connectivity index (χ4v) is 2.14. The van der Waals surface area contributed by atoms with E-state index in [1.54, 1.807) is 30.1 Å². The van der Waals surface area contributed by atoms with Crippen molar-refractivity contribution in [3.8, 4) is 11.5 Å². The predicted molar refractivity (Wildman–Crippen MR) is 84.4 cm³/mol. The van der Waals surface area contributed by atoms with Crippen LogP contribution in [0.2, 0.25) is 0 Å². The lowest BCUT2D eigenvalue weighted by molar-refractivity contribution is -0.131. The van der Waals surface area contributed by atoms with Crippen molar-refractivity contribution in [1.29, 1.82) is 0 Å². The average molecular weight is 308 g/mol. The van der Waals surface area contributed by atoms with Crippen LogP contribution < -0.4 is 9.47 Å². The van der Waals surface area contributed by atoms with E-state index in [1.807, 2.05) is 13.8 Å². The molecule has 0 fully saturated rings. The van der Waals surface area contributed by atoms with E-state index in [1.165, 1.54) is 19.1 Å². The second kappa shape index (κ2) is 8.26. The van der Waals surface area contributed by atoms with Crippen LogP contribution in [0.15, 0.2) is 18.2 Å². The van der Waals surface area contributed by atoms with Crippen LogP contribution in [0.5, 0.6) is 11.5 Å². The summed E-state index contributed by atoms with van der Waals surface area (Å²) in [4.78, 5) is 27.7. The molecule has 0 saturated heterocycles. The quantitative estimate of drug-likeness (QED) is 0.768. The standard InChI is InChI=1S/C16H24N2O4/c1-6-18(7-2)15(19)11-17(3)16(20)13-10-12(21-4)8-9-14(13)22-5/h8-10H,6-7,11H2,1-5H3. The maximum absolute atomic E-state index is 12.5. The van der Waals surface area contributed by atoms with Crippen LogP contribution in [0.4, 0.5) is 0 Å². The molecule has 122 valence electrons. The third-order valence-corrected chi connectivity index (χ3v) is 3.47. The molecular formula is C16H24N2O4. The maximum atomic E-state index is 12.5. The summed E-state index contributed by atoms with van der Waals surface area (Å²) in [6.07, 6.45) is 0. The first-order valence-electron chi connectivity index (χ1n) is 7.23. The number of carbonyl (C=O) groups excluding carboxylic acids is 2. The molecule has 2 amide bonds. The molecule has 0 spiro atoms. The molecule has 0 atom stereocenters. The molecule has 6 nitrogen and oxygen atoms in total. The van der Waals surface area contributed by atoms with Crippen molar-refractivity contribution < 1.29 is 19.1 Å². The minimum Gasteiger partial charge on any atom is -0.497 e. The van der Waals surface area contributed by atoms with Crippen molar-refractivity contribution in [1.82, 2.24) is 9.80 Å². The number of amides is 2. The summed E-state index contributed by atoms with van der Waals surface area (Å²) in [5.41, 5.74) is 0.372. The second-order valence-corrected chi connectivity index (χ2v) is 4.79. The van der Waals surface area contributed by atoms with E-state index < -0.39 is 0 Å². The lowest BCUT2D eigenvalue weighted by atomic mass is 10.1. The van der Waals surface area contributed by atoms with Crippen LogP contribution in [0, 0.1) is 0 Å². The van der Waals surface area contributed by atoms with Gasteiger partial charge in [-0.3, -0.25) is 9.59 Å². The smallest absolute Gasteiger partial charge is 0.257 e. The molecule has 1 aromatic carbocycles. The largest absolute Gasteiger partial charge is 0.497 e. The molecule has 0 bridgehead atoms. The van der Waals surface area contributed by atoms with Crippen LogP contribution in [0.1, 0.15) is 24.2 Å². The van der Waals surface area contributed by atoms with E-state index >= 15 is 0 Å². The SMILES string of the molecule is CCN(CC)C(=O)CN(C)C(=O)c1cc(OC)ccc1OC. The number of ether oxygens (including phenoxy) is 2. The van der Waals surface area contributed by atoms with E-state index in [2.05, 4.69) is 0 Å². The molecule has 0 aliphatic carbocycles. The first kappa shape index (κ1) is 17.8. The monoisotopic (exact) mass is 308 g/mol. The fraction of sp³-hybridized carbons (Fsp3) is 0.500. The molecule has 0 saturated carbocycles. The highest BCUT2D eigenvalue weighted by molar-refractivity contribution is 5.99. The van der Waals surface area contributed by atoms with Gasteiger partial charge in [-0.25, -0.2) is 0 Å². The molecule has 0 aromatic heterocycles. The zero-order valence-electron chi connectivity index (χ0n) is 13.9. The summed E-state index contributed by atoms with van der Waals surface area (Å²) in [6.45, 7) is 5.10. The summed E-state index contributed by atoms with van der Waals surface area (Å²) in [6, 6.07) is 5.00. The summed E-state index contributed by atoms with van der Waals surface area (Å²) >= 11 is 0. The summed E-state index contributed by atoms with van der Waals surface area (Å²) < 4.78 is 10.3. The Morgan fingerprint density at radius 3 is 2.23 bits per heavy atom. The molecular weight excluding hydrogens is 284 g/mol. The van der Waals surface area contributed by atoms with Crippen LogP contribution in [-0.4, -0.2) is 62.5 Å². The summed E-state index contributed by atoms with van der Waals surface area (Å²) in [5, 5.41) is 0. The Morgan fingerprint density at radius 1 is 1.09 bits per heavy atom. The Balaban J connectivity index is 2.93. The lowest BCUT2D eigenvalue weighted by Gasteiger charge is -2.23. The predicted octanol–water partition coefficient (Wildman–Crippen LogP) is 1.64. The van der Waals surface area contributed by atoms with Gasteiger partial charge < -0.3 is 19.3 Å². The van der Waals surface area contributed by atoms with Gasteiger partial charge in [0.25, 0.3) is 5.91 Å². The van der Waals surface area contributed by atoms with Gasteiger partial charge in [-0.15, -0.1) is 0 Å². The van der Waals surface area contributed by atoms with Gasteiger partial charge in [0.15, 0.2) is 0 Å². The van der Waals surface area contributed by atoms with Crippen molar-refractivity contribution >= 4 is 11.8 Å². The first-order valence-corrected chi connectivity index (χ1v) is 7.23. The Bertz CT molecular complexity index is 527. The van der Waals surface area contributed by atoms with E-state index in [9.17, 15) is 9.59 Å².